The lowest BCUT2D eigenvalue weighted by Gasteiger charge is -2.19. The van der Waals surface area contributed by atoms with Gasteiger partial charge in [0.2, 0.25) is 5.91 Å². The Labute approximate surface area is 170 Å². The van der Waals surface area contributed by atoms with E-state index in [4.69, 9.17) is 4.74 Å². The van der Waals surface area contributed by atoms with Gasteiger partial charge in [-0.05, 0) is 42.5 Å². The van der Waals surface area contributed by atoms with E-state index in [9.17, 15) is 14.9 Å². The molecule has 0 heterocycles. The molecule has 0 saturated carbocycles. The number of carbonyl (C=O) groups is 1. The summed E-state index contributed by atoms with van der Waals surface area (Å²) >= 11 is 0. The molecule has 2 aromatic carbocycles. The molecule has 0 atom stereocenters. The standard InChI is InChI=1S/C22H27N3O4/c1-6-29-20-12-9-17(14-19(20)25(27)28)15(2)23-24-21(26)13-16-7-10-18(11-8-16)22(3,4)5/h7-12,14H,6,13H2,1-5H3,(H,24,26)/b23-15-. The number of nitrogens with one attached hydrogen (secondary N) is 1. The second kappa shape index (κ2) is 9.32. The molecular weight excluding hydrogens is 370 g/mol. The van der Waals surface area contributed by atoms with Crippen molar-refractivity contribution in [2.24, 2.45) is 5.10 Å². The Kier molecular flexibility index (Phi) is 7.09. The van der Waals surface area contributed by atoms with Crippen LogP contribution in [0.2, 0.25) is 0 Å². The molecule has 0 radical (unpaired) electrons. The van der Waals surface area contributed by atoms with Crippen molar-refractivity contribution in [3.63, 3.8) is 0 Å². The second-order valence-corrected chi connectivity index (χ2v) is 7.73. The van der Waals surface area contributed by atoms with Gasteiger partial charge in [-0.3, -0.25) is 14.9 Å². The SMILES string of the molecule is CCOc1ccc(/C(C)=N\NC(=O)Cc2ccc(C(C)(C)C)cc2)cc1[N+](=O)[O-]. The summed E-state index contributed by atoms with van der Waals surface area (Å²) in [5, 5.41) is 15.3. The van der Waals surface area contributed by atoms with Crippen molar-refractivity contribution in [3.05, 3.63) is 69.3 Å². The number of nitrogens with zero attached hydrogens (tertiary/aromatic N) is 2. The number of carbonyl (C=O) groups excluding carboxylic acids is 1. The molecule has 0 fully saturated rings. The lowest BCUT2D eigenvalue weighted by Crippen LogP contribution is -2.21. The Balaban J connectivity index is 2.06. The predicted molar refractivity (Wildman–Crippen MR) is 113 cm³/mol. The molecule has 0 saturated heterocycles. The molecule has 0 unspecified atom stereocenters. The van der Waals surface area contributed by atoms with E-state index in [1.807, 2.05) is 24.3 Å². The van der Waals surface area contributed by atoms with E-state index < -0.39 is 4.92 Å². The number of hydrazone groups is 1. The van der Waals surface area contributed by atoms with Gasteiger partial charge >= 0.3 is 5.69 Å². The Bertz CT molecular complexity index is 913. The number of nitro benzene ring substituents is 1. The Morgan fingerprint density at radius 2 is 1.83 bits per heavy atom. The predicted octanol–water partition coefficient (Wildman–Crippen LogP) is 4.37. The topological polar surface area (TPSA) is 93.8 Å². The molecule has 0 aromatic heterocycles. The van der Waals surface area contributed by atoms with Crippen molar-refractivity contribution >= 4 is 17.3 Å². The van der Waals surface area contributed by atoms with Crippen LogP contribution in [0.15, 0.2) is 47.6 Å². The molecule has 1 N–H and O–H groups in total. The summed E-state index contributed by atoms with van der Waals surface area (Å²) in [5.74, 6) is -0.0508. The molecule has 7 heteroatoms. The first-order chi connectivity index (χ1) is 13.6. The van der Waals surface area contributed by atoms with Gasteiger partial charge in [-0.1, -0.05) is 45.0 Å². The maximum atomic E-state index is 12.2. The Morgan fingerprint density at radius 3 is 2.38 bits per heavy atom. The van der Waals surface area contributed by atoms with Gasteiger partial charge in [0.05, 0.1) is 23.7 Å². The highest BCUT2D eigenvalue weighted by Gasteiger charge is 2.17. The van der Waals surface area contributed by atoms with Gasteiger partial charge in [-0.2, -0.15) is 5.10 Å². The molecule has 0 aliphatic heterocycles. The fraction of sp³-hybridized carbons (Fsp3) is 0.364. The first kappa shape index (κ1) is 22.1. The molecule has 1 amide bonds. The van der Waals surface area contributed by atoms with Crippen LogP contribution in [0.5, 0.6) is 5.75 Å². The summed E-state index contributed by atoms with van der Waals surface area (Å²) in [6, 6.07) is 12.5. The van der Waals surface area contributed by atoms with Crippen LogP contribution in [0.4, 0.5) is 5.69 Å². The molecular formula is C22H27N3O4. The number of hydrogen-bond donors (Lipinski definition) is 1. The van der Waals surface area contributed by atoms with Crippen LogP contribution in [0.3, 0.4) is 0 Å². The molecule has 2 aromatic rings. The zero-order valence-electron chi connectivity index (χ0n) is 17.5. The highest BCUT2D eigenvalue weighted by Crippen LogP contribution is 2.28. The average molecular weight is 397 g/mol. The van der Waals surface area contributed by atoms with Crippen molar-refractivity contribution in [1.82, 2.24) is 5.43 Å². The maximum Gasteiger partial charge on any atom is 0.311 e. The van der Waals surface area contributed by atoms with Gasteiger partial charge in [0, 0.05) is 11.6 Å². The van der Waals surface area contributed by atoms with E-state index in [1.165, 1.54) is 17.7 Å². The van der Waals surface area contributed by atoms with E-state index >= 15 is 0 Å². The third kappa shape index (κ3) is 6.14. The summed E-state index contributed by atoms with van der Waals surface area (Å²) in [6.45, 7) is 10.2. The smallest absolute Gasteiger partial charge is 0.311 e. The zero-order chi connectivity index (χ0) is 21.6. The maximum absolute atomic E-state index is 12.2. The van der Waals surface area contributed by atoms with E-state index in [1.54, 1.807) is 19.9 Å². The third-order valence-electron chi connectivity index (χ3n) is 4.41. The van der Waals surface area contributed by atoms with E-state index in [0.29, 0.717) is 17.9 Å². The number of ether oxygens (including phenoxy) is 1. The largest absolute Gasteiger partial charge is 0.487 e. The minimum absolute atomic E-state index is 0.0581. The molecule has 2 rings (SSSR count). The molecule has 154 valence electrons. The van der Waals surface area contributed by atoms with Gasteiger partial charge in [-0.25, -0.2) is 5.43 Å². The fourth-order valence-electron chi connectivity index (χ4n) is 2.72. The van der Waals surface area contributed by atoms with E-state index in [2.05, 4.69) is 31.3 Å². The van der Waals surface area contributed by atoms with Gasteiger partial charge in [0.25, 0.3) is 0 Å². The zero-order valence-corrected chi connectivity index (χ0v) is 17.5. The number of benzene rings is 2. The molecule has 0 bridgehead atoms. The van der Waals surface area contributed by atoms with Crippen LogP contribution < -0.4 is 10.2 Å². The first-order valence-corrected chi connectivity index (χ1v) is 9.46. The summed E-state index contributed by atoms with van der Waals surface area (Å²) in [4.78, 5) is 22.9. The van der Waals surface area contributed by atoms with Crippen molar-refractivity contribution in [2.45, 2.75) is 46.5 Å². The van der Waals surface area contributed by atoms with Gasteiger partial charge in [0.15, 0.2) is 5.75 Å². The third-order valence-corrected chi connectivity index (χ3v) is 4.41. The normalized spacial score (nSPS) is 11.8. The first-order valence-electron chi connectivity index (χ1n) is 9.46. The van der Waals surface area contributed by atoms with E-state index in [-0.39, 0.29) is 29.2 Å². The number of nitro groups is 1. The Hall–Kier alpha value is -3.22. The monoisotopic (exact) mass is 397 g/mol. The van der Waals surface area contributed by atoms with Gasteiger partial charge in [-0.15, -0.1) is 0 Å². The number of hydrogen-bond acceptors (Lipinski definition) is 5. The van der Waals surface area contributed by atoms with Crippen molar-refractivity contribution in [2.75, 3.05) is 6.61 Å². The average Bonchev–Trinajstić information content (AvgIpc) is 2.66. The van der Waals surface area contributed by atoms with Gasteiger partial charge < -0.3 is 4.74 Å². The molecule has 7 nitrogen and oxygen atoms in total. The van der Waals surface area contributed by atoms with Crippen molar-refractivity contribution in [3.8, 4) is 5.75 Å². The fourth-order valence-corrected chi connectivity index (χ4v) is 2.72. The summed E-state index contributed by atoms with van der Waals surface area (Å²) in [7, 11) is 0. The lowest BCUT2D eigenvalue weighted by molar-refractivity contribution is -0.385. The number of amides is 1. The second-order valence-electron chi connectivity index (χ2n) is 7.73. The highest BCUT2D eigenvalue weighted by molar-refractivity contribution is 6.00. The molecule has 29 heavy (non-hydrogen) atoms. The highest BCUT2D eigenvalue weighted by atomic mass is 16.6. The molecule has 0 aliphatic rings. The molecule has 0 spiro atoms. The Morgan fingerprint density at radius 1 is 1.17 bits per heavy atom. The van der Waals surface area contributed by atoms with Crippen LogP contribution in [0, 0.1) is 10.1 Å². The van der Waals surface area contributed by atoms with Crippen LogP contribution in [-0.2, 0) is 16.6 Å². The van der Waals surface area contributed by atoms with Crippen LogP contribution in [0.25, 0.3) is 0 Å². The minimum Gasteiger partial charge on any atom is -0.487 e. The number of rotatable bonds is 7. The lowest BCUT2D eigenvalue weighted by atomic mass is 9.86. The van der Waals surface area contributed by atoms with Gasteiger partial charge in [0.1, 0.15) is 0 Å². The van der Waals surface area contributed by atoms with Crippen molar-refractivity contribution in [1.29, 1.82) is 0 Å². The van der Waals surface area contributed by atoms with Crippen LogP contribution in [-0.4, -0.2) is 23.1 Å². The summed E-state index contributed by atoms with van der Waals surface area (Å²) in [6.07, 6.45) is 0.199. The quantitative estimate of drug-likeness (QED) is 0.426. The summed E-state index contributed by atoms with van der Waals surface area (Å²) in [5.41, 5.74) is 5.53. The molecule has 0 aliphatic carbocycles. The summed E-state index contributed by atoms with van der Waals surface area (Å²) < 4.78 is 5.28. The minimum atomic E-state index is -0.498. The van der Waals surface area contributed by atoms with Crippen LogP contribution in [0.1, 0.15) is 51.3 Å². The van der Waals surface area contributed by atoms with E-state index in [0.717, 1.165) is 5.56 Å². The van der Waals surface area contributed by atoms with Crippen molar-refractivity contribution < 1.29 is 14.5 Å². The van der Waals surface area contributed by atoms with Crippen LogP contribution >= 0.6 is 0 Å².